The van der Waals surface area contributed by atoms with Crippen molar-refractivity contribution < 1.29 is 18.4 Å². The van der Waals surface area contributed by atoms with E-state index in [1.165, 1.54) is 0 Å². The van der Waals surface area contributed by atoms with E-state index in [4.69, 9.17) is 0 Å². The summed E-state index contributed by atoms with van der Waals surface area (Å²) in [7, 11) is 0. The van der Waals surface area contributed by atoms with E-state index in [9.17, 15) is 23.6 Å². The van der Waals surface area contributed by atoms with E-state index in [0.717, 1.165) is 22.2 Å². The van der Waals surface area contributed by atoms with Crippen LogP contribution >= 0.6 is 0 Å². The number of carbonyl (C=O) groups excluding carboxylic acids is 2. The Kier molecular flexibility index (Phi) is 5.72. The van der Waals surface area contributed by atoms with E-state index >= 15 is 0 Å². The monoisotopic (exact) mass is 485 g/mol. The van der Waals surface area contributed by atoms with Gasteiger partial charge in [0.05, 0.1) is 41.1 Å². The second kappa shape index (κ2) is 8.89. The molecule has 0 radical (unpaired) electrons. The molecule has 1 N–H and O–H groups in total. The van der Waals surface area contributed by atoms with Crippen LogP contribution in [0, 0.1) is 11.3 Å². The summed E-state index contributed by atoms with van der Waals surface area (Å²) < 4.78 is 29.0. The first-order valence-electron chi connectivity index (χ1n) is 11.3. The molecule has 1 saturated heterocycles. The third-order valence-corrected chi connectivity index (χ3v) is 6.23. The SMILES string of the molecule is CC(F)(F)C(=O)NC1CC(=O)N(c2ccc3c(cnn3-c3cccc(C#N)c3)c2)C1c1ccccc1. The van der Waals surface area contributed by atoms with Gasteiger partial charge in [0.15, 0.2) is 0 Å². The Labute approximate surface area is 205 Å². The topological polar surface area (TPSA) is 91.0 Å². The number of nitrogens with zero attached hydrogens (tertiary/aromatic N) is 4. The lowest BCUT2D eigenvalue weighted by atomic mass is 9.99. The number of amides is 2. The predicted molar refractivity (Wildman–Crippen MR) is 130 cm³/mol. The number of benzene rings is 3. The quantitative estimate of drug-likeness (QED) is 0.450. The number of alkyl halides is 2. The normalized spacial score (nSPS) is 17.8. The Hall–Kier alpha value is -4.58. The molecule has 1 aromatic heterocycles. The van der Waals surface area contributed by atoms with Gasteiger partial charge in [-0.3, -0.25) is 9.59 Å². The number of halogens is 2. The van der Waals surface area contributed by atoms with Crippen LogP contribution in [0.3, 0.4) is 0 Å². The fourth-order valence-corrected chi connectivity index (χ4v) is 4.58. The molecule has 0 aliphatic carbocycles. The first kappa shape index (κ1) is 23.2. The molecule has 2 heterocycles. The number of anilines is 1. The average Bonchev–Trinajstić information content (AvgIpc) is 3.44. The minimum Gasteiger partial charge on any atom is -0.345 e. The fourth-order valence-electron chi connectivity index (χ4n) is 4.58. The Bertz CT molecular complexity index is 1500. The molecular formula is C27H21F2N5O2. The summed E-state index contributed by atoms with van der Waals surface area (Å²) in [6.45, 7) is 0.534. The fraction of sp³-hybridized carbons (Fsp3) is 0.185. The summed E-state index contributed by atoms with van der Waals surface area (Å²) in [5.74, 6) is -5.27. The molecule has 36 heavy (non-hydrogen) atoms. The van der Waals surface area contributed by atoms with Crippen molar-refractivity contribution in [2.24, 2.45) is 0 Å². The van der Waals surface area contributed by atoms with Crippen molar-refractivity contribution in [2.75, 3.05) is 4.90 Å². The molecule has 1 aliphatic rings. The number of fused-ring (bicyclic) bond motifs is 1. The number of rotatable bonds is 5. The predicted octanol–water partition coefficient (Wildman–Crippen LogP) is 4.52. The molecular weight excluding hydrogens is 464 g/mol. The highest BCUT2D eigenvalue weighted by molar-refractivity contribution is 6.00. The Morgan fingerprint density at radius 1 is 1.08 bits per heavy atom. The van der Waals surface area contributed by atoms with Crippen molar-refractivity contribution in [1.82, 2.24) is 15.1 Å². The molecule has 9 heteroatoms. The number of hydrogen-bond acceptors (Lipinski definition) is 4. The van der Waals surface area contributed by atoms with Crippen LogP contribution < -0.4 is 10.2 Å². The molecule has 3 aromatic carbocycles. The van der Waals surface area contributed by atoms with Crippen LogP contribution in [-0.4, -0.2) is 33.6 Å². The minimum atomic E-state index is -3.56. The zero-order valence-corrected chi connectivity index (χ0v) is 19.2. The number of nitrogens with one attached hydrogen (secondary N) is 1. The lowest BCUT2D eigenvalue weighted by molar-refractivity contribution is -0.143. The molecule has 7 nitrogen and oxygen atoms in total. The van der Waals surface area contributed by atoms with Crippen LogP contribution in [0.4, 0.5) is 14.5 Å². The Morgan fingerprint density at radius 2 is 1.86 bits per heavy atom. The van der Waals surface area contributed by atoms with Gasteiger partial charge in [0.25, 0.3) is 5.91 Å². The van der Waals surface area contributed by atoms with E-state index in [1.54, 1.807) is 70.4 Å². The van der Waals surface area contributed by atoms with E-state index in [0.29, 0.717) is 18.2 Å². The smallest absolute Gasteiger partial charge is 0.321 e. The van der Waals surface area contributed by atoms with Gasteiger partial charge in [0.1, 0.15) is 0 Å². The van der Waals surface area contributed by atoms with E-state index in [1.807, 2.05) is 18.2 Å². The van der Waals surface area contributed by atoms with Gasteiger partial charge in [-0.05, 0) is 42.0 Å². The van der Waals surface area contributed by atoms with E-state index in [-0.39, 0.29) is 12.3 Å². The molecule has 180 valence electrons. The number of hydrogen-bond donors (Lipinski definition) is 1. The lowest BCUT2D eigenvalue weighted by Crippen LogP contribution is -2.46. The molecule has 5 rings (SSSR count). The highest BCUT2D eigenvalue weighted by Gasteiger charge is 2.45. The third-order valence-electron chi connectivity index (χ3n) is 6.23. The maximum Gasteiger partial charge on any atom is 0.321 e. The molecule has 0 spiro atoms. The number of carbonyl (C=O) groups is 2. The summed E-state index contributed by atoms with van der Waals surface area (Å²) in [5, 5.41) is 16.8. The van der Waals surface area contributed by atoms with Gasteiger partial charge >= 0.3 is 5.92 Å². The standard InChI is InChI=1S/C27H21F2N5O2/c1-27(28,29)26(36)32-22-14-24(35)33(25(22)18-7-3-2-4-8-18)20-10-11-23-19(13-20)16-31-34(23)21-9-5-6-17(12-21)15-30/h2-13,16,22,25H,14H2,1H3,(H,32,36). The third kappa shape index (κ3) is 4.18. The first-order chi connectivity index (χ1) is 17.3. The average molecular weight is 485 g/mol. The van der Waals surface area contributed by atoms with Gasteiger partial charge in [0, 0.05) is 24.4 Å². The van der Waals surface area contributed by atoms with Gasteiger partial charge in [-0.25, -0.2) is 4.68 Å². The summed E-state index contributed by atoms with van der Waals surface area (Å²) in [5.41, 5.74) is 3.28. The molecule has 0 saturated carbocycles. The van der Waals surface area contributed by atoms with Gasteiger partial charge in [-0.15, -0.1) is 0 Å². The van der Waals surface area contributed by atoms with Crippen molar-refractivity contribution in [2.45, 2.75) is 31.4 Å². The van der Waals surface area contributed by atoms with Gasteiger partial charge in [-0.2, -0.15) is 19.1 Å². The molecule has 2 amide bonds. The van der Waals surface area contributed by atoms with Gasteiger partial charge < -0.3 is 10.2 Å². The van der Waals surface area contributed by atoms with Crippen LogP contribution in [0.25, 0.3) is 16.6 Å². The summed E-state index contributed by atoms with van der Waals surface area (Å²) in [4.78, 5) is 26.8. The van der Waals surface area contributed by atoms with Crippen molar-refractivity contribution in [3.63, 3.8) is 0 Å². The summed E-state index contributed by atoms with van der Waals surface area (Å²) in [6, 6.07) is 22.1. The molecule has 1 aliphatic heterocycles. The largest absolute Gasteiger partial charge is 0.345 e. The van der Waals surface area contributed by atoms with Crippen LogP contribution in [0.2, 0.25) is 0 Å². The van der Waals surface area contributed by atoms with Gasteiger partial charge in [0.2, 0.25) is 5.91 Å². The second-order valence-corrected chi connectivity index (χ2v) is 8.75. The number of nitriles is 1. The van der Waals surface area contributed by atoms with Crippen molar-refractivity contribution in [1.29, 1.82) is 5.26 Å². The van der Waals surface area contributed by atoms with Crippen molar-refractivity contribution in [3.8, 4) is 11.8 Å². The van der Waals surface area contributed by atoms with Crippen molar-refractivity contribution >= 4 is 28.4 Å². The highest BCUT2D eigenvalue weighted by atomic mass is 19.3. The zero-order chi connectivity index (χ0) is 25.4. The Balaban J connectivity index is 1.54. The first-order valence-corrected chi connectivity index (χ1v) is 11.3. The van der Waals surface area contributed by atoms with Crippen LogP contribution in [0.15, 0.2) is 79.0 Å². The van der Waals surface area contributed by atoms with Crippen molar-refractivity contribution in [3.05, 3.63) is 90.1 Å². The highest BCUT2D eigenvalue weighted by Crippen LogP contribution is 2.39. The van der Waals surface area contributed by atoms with Crippen LogP contribution in [0.1, 0.15) is 30.5 Å². The molecule has 4 aromatic rings. The minimum absolute atomic E-state index is 0.111. The van der Waals surface area contributed by atoms with Crippen LogP contribution in [-0.2, 0) is 9.59 Å². The Morgan fingerprint density at radius 3 is 2.58 bits per heavy atom. The summed E-state index contributed by atoms with van der Waals surface area (Å²) >= 11 is 0. The zero-order valence-electron chi connectivity index (χ0n) is 19.2. The maximum absolute atomic E-state index is 13.6. The second-order valence-electron chi connectivity index (χ2n) is 8.75. The van der Waals surface area contributed by atoms with E-state index < -0.39 is 23.9 Å². The lowest BCUT2D eigenvalue weighted by Gasteiger charge is -2.29. The molecule has 0 bridgehead atoms. The molecule has 1 fully saturated rings. The molecule has 2 unspecified atom stereocenters. The molecule has 2 atom stereocenters. The maximum atomic E-state index is 13.6. The summed E-state index contributed by atoms with van der Waals surface area (Å²) in [6.07, 6.45) is 1.55. The van der Waals surface area contributed by atoms with Gasteiger partial charge in [-0.1, -0.05) is 36.4 Å². The number of aromatic nitrogens is 2. The van der Waals surface area contributed by atoms with E-state index in [2.05, 4.69) is 16.5 Å². The van der Waals surface area contributed by atoms with Crippen LogP contribution in [0.5, 0.6) is 0 Å².